The van der Waals surface area contributed by atoms with E-state index in [1.165, 1.54) is 7.05 Å². The number of hydroxylamine groups is 3. The number of aliphatic hydroxyl groups is 1. The molecule has 5 rings (SSSR count). The van der Waals surface area contributed by atoms with Gasteiger partial charge in [0, 0.05) is 18.1 Å². The maximum absolute atomic E-state index is 15.9. The lowest BCUT2D eigenvalue weighted by Gasteiger charge is -2.54. The van der Waals surface area contributed by atoms with E-state index in [0.29, 0.717) is 37.6 Å². The number of alkyl halides is 1. The highest BCUT2D eigenvalue weighted by Gasteiger charge is 2.59. The number of rotatable bonds is 11. The van der Waals surface area contributed by atoms with Crippen LogP contribution in [-0.2, 0) is 6.42 Å². The highest BCUT2D eigenvalue weighted by molar-refractivity contribution is 7.99. The third-order valence-corrected chi connectivity index (χ3v) is 11.8. The van der Waals surface area contributed by atoms with Gasteiger partial charge in [-0.15, -0.1) is 11.8 Å². The van der Waals surface area contributed by atoms with Crippen LogP contribution in [0.3, 0.4) is 0 Å². The average molecular weight is 646 g/mol. The smallest absolute Gasteiger partial charge is 0.200 e. The van der Waals surface area contributed by atoms with Crippen molar-refractivity contribution >= 4 is 11.8 Å². The second-order valence-electron chi connectivity index (χ2n) is 13.6. The van der Waals surface area contributed by atoms with Gasteiger partial charge in [-0.1, -0.05) is 19.4 Å². The van der Waals surface area contributed by atoms with Crippen LogP contribution in [-0.4, -0.2) is 53.0 Å². The molecule has 0 aromatic heterocycles. The molecule has 3 aliphatic carbocycles. The first-order valence-electron chi connectivity index (χ1n) is 15.6. The number of phenolic OH excluding ortho intramolecular Hbond substituents is 1. The van der Waals surface area contributed by atoms with Crippen molar-refractivity contribution in [2.45, 2.75) is 87.8 Å². The van der Waals surface area contributed by atoms with Crippen molar-refractivity contribution in [2.75, 3.05) is 25.9 Å². The first-order chi connectivity index (χ1) is 20.7. The SMILES string of the molecule is C[C@]12C[C@H](F)[C@@H]3c4ccc(O)cc4C[C@@H](CCCCC[N+](C)([O-])CCCSc4c(F)c(F)c(F)c(F)c4F)[C@H]3[C@@H]1CC[C@@H]2O. The summed E-state index contributed by atoms with van der Waals surface area (Å²) in [6, 6.07) is 5.26. The number of quaternary nitrogens is 1. The molecule has 2 aromatic rings. The van der Waals surface area contributed by atoms with Gasteiger partial charge >= 0.3 is 0 Å². The minimum Gasteiger partial charge on any atom is -0.633 e. The molecule has 2 fully saturated rings. The van der Waals surface area contributed by atoms with Gasteiger partial charge in [-0.2, -0.15) is 0 Å². The van der Waals surface area contributed by atoms with E-state index in [4.69, 9.17) is 0 Å². The summed E-state index contributed by atoms with van der Waals surface area (Å²) < 4.78 is 83.2. The van der Waals surface area contributed by atoms with Crippen LogP contribution in [0.4, 0.5) is 26.3 Å². The predicted molar refractivity (Wildman–Crippen MR) is 157 cm³/mol. The van der Waals surface area contributed by atoms with E-state index in [9.17, 15) is 37.4 Å². The van der Waals surface area contributed by atoms with E-state index in [1.807, 2.05) is 13.0 Å². The van der Waals surface area contributed by atoms with Crippen molar-refractivity contribution in [3.63, 3.8) is 0 Å². The Morgan fingerprint density at radius 3 is 2.32 bits per heavy atom. The number of thioether (sulfide) groups is 1. The summed E-state index contributed by atoms with van der Waals surface area (Å²) >= 11 is 0.507. The second kappa shape index (κ2) is 13.0. The molecule has 4 nitrogen and oxygen atoms in total. The third-order valence-electron chi connectivity index (χ3n) is 10.7. The number of phenols is 1. The zero-order valence-electron chi connectivity index (χ0n) is 25.1. The number of nitrogens with zero attached hydrogens (tertiary/aromatic N) is 1. The van der Waals surface area contributed by atoms with Gasteiger partial charge in [0.1, 0.15) is 11.9 Å². The van der Waals surface area contributed by atoms with Crippen LogP contribution in [0.1, 0.15) is 75.3 Å². The van der Waals surface area contributed by atoms with Crippen LogP contribution < -0.4 is 0 Å². The van der Waals surface area contributed by atoms with Gasteiger partial charge in [-0.25, -0.2) is 26.3 Å². The van der Waals surface area contributed by atoms with Crippen LogP contribution >= 0.6 is 11.8 Å². The standard InChI is InChI=1S/C33H41F6NO3S/c1-33-17-23(34)26-21-9-8-20(41)16-19(21)15-18(25(26)22(33)10-11-24(33)42)7-4-3-5-12-40(2,43)13-6-14-44-32-30(38)28(36)27(35)29(37)31(32)39/h8-9,16,18,22-26,41-42H,3-7,10-15,17H2,1-2H3/t18-,22+,23+,24+,25+,26+,33+,40?/m1/s1. The van der Waals surface area contributed by atoms with Crippen molar-refractivity contribution in [2.24, 2.45) is 23.2 Å². The molecule has 2 N–H and O–H groups in total. The molecule has 44 heavy (non-hydrogen) atoms. The fourth-order valence-corrected chi connectivity index (χ4v) is 9.37. The Bertz CT molecular complexity index is 1330. The zero-order chi connectivity index (χ0) is 32.0. The largest absolute Gasteiger partial charge is 0.633 e. The topological polar surface area (TPSA) is 63.5 Å². The van der Waals surface area contributed by atoms with Gasteiger partial charge in [0.2, 0.25) is 5.82 Å². The maximum Gasteiger partial charge on any atom is 0.200 e. The van der Waals surface area contributed by atoms with Gasteiger partial charge in [-0.3, -0.25) is 0 Å². The monoisotopic (exact) mass is 645 g/mol. The lowest BCUT2D eigenvalue weighted by molar-refractivity contribution is -0.860. The average Bonchev–Trinajstić information content (AvgIpc) is 3.27. The number of aromatic hydroxyl groups is 1. The maximum atomic E-state index is 15.9. The Labute approximate surface area is 259 Å². The van der Waals surface area contributed by atoms with Crippen LogP contribution in [0.15, 0.2) is 23.1 Å². The lowest BCUT2D eigenvalue weighted by atomic mass is 9.51. The number of unbranched alkanes of at least 4 members (excludes halogenated alkanes) is 2. The number of hydrogen-bond acceptors (Lipinski definition) is 4. The van der Waals surface area contributed by atoms with Gasteiger partial charge < -0.3 is 20.1 Å². The molecule has 0 aliphatic heterocycles. The molecule has 244 valence electrons. The molecule has 0 bridgehead atoms. The number of halogens is 6. The molecule has 0 heterocycles. The van der Waals surface area contributed by atoms with Crippen molar-refractivity contribution in [1.29, 1.82) is 0 Å². The summed E-state index contributed by atoms with van der Waals surface area (Å²) in [5, 5.41) is 33.9. The van der Waals surface area contributed by atoms with E-state index in [1.54, 1.807) is 12.1 Å². The summed E-state index contributed by atoms with van der Waals surface area (Å²) in [5.74, 6) is -9.40. The van der Waals surface area contributed by atoms with Gasteiger partial charge in [-0.05, 0) is 91.4 Å². The van der Waals surface area contributed by atoms with Crippen LogP contribution in [0.25, 0.3) is 0 Å². The third kappa shape index (κ3) is 6.35. The zero-order valence-corrected chi connectivity index (χ0v) is 25.9. The Kier molecular flexibility index (Phi) is 9.91. The molecule has 0 radical (unpaired) electrons. The molecule has 11 heteroatoms. The van der Waals surface area contributed by atoms with Crippen molar-refractivity contribution in [3.8, 4) is 5.75 Å². The summed E-state index contributed by atoms with van der Waals surface area (Å²) in [6.45, 7) is 2.49. The van der Waals surface area contributed by atoms with E-state index in [0.717, 1.165) is 43.2 Å². The lowest BCUT2D eigenvalue weighted by Crippen LogP contribution is -2.51. The Hall–Kier alpha value is -1.95. The number of hydrogen-bond donors (Lipinski definition) is 2. The minimum atomic E-state index is -2.19. The van der Waals surface area contributed by atoms with Crippen molar-refractivity contribution in [3.05, 3.63) is 63.6 Å². The number of aliphatic hydroxyl groups excluding tert-OH is 1. The van der Waals surface area contributed by atoms with Crippen LogP contribution in [0, 0.1) is 57.5 Å². The molecule has 2 aromatic carbocycles. The second-order valence-corrected chi connectivity index (χ2v) is 14.7. The number of fused-ring (bicyclic) bond motifs is 5. The van der Waals surface area contributed by atoms with Crippen molar-refractivity contribution in [1.82, 2.24) is 0 Å². The van der Waals surface area contributed by atoms with E-state index >= 15 is 4.39 Å². The molecule has 8 atom stereocenters. The van der Waals surface area contributed by atoms with Crippen LogP contribution in [0.2, 0.25) is 0 Å². The highest BCUT2D eigenvalue weighted by Crippen LogP contribution is 2.63. The fourth-order valence-electron chi connectivity index (χ4n) is 8.46. The van der Waals surface area contributed by atoms with Crippen molar-refractivity contribution < 1.29 is 41.2 Å². The summed E-state index contributed by atoms with van der Waals surface area (Å²) in [5.41, 5.74) is 1.54. The molecule has 0 spiro atoms. The Morgan fingerprint density at radius 2 is 1.61 bits per heavy atom. The highest BCUT2D eigenvalue weighted by atomic mass is 32.2. The van der Waals surface area contributed by atoms with Gasteiger partial charge in [0.25, 0.3) is 0 Å². The molecule has 0 saturated heterocycles. The quantitative estimate of drug-likeness (QED) is 0.0493. The first kappa shape index (κ1) is 33.4. The van der Waals surface area contributed by atoms with E-state index < -0.39 is 56.3 Å². The molecular formula is C33H41F6NO3S. The minimum absolute atomic E-state index is 0.0278. The Morgan fingerprint density at radius 1 is 0.955 bits per heavy atom. The molecule has 3 aliphatic rings. The van der Waals surface area contributed by atoms with Gasteiger partial charge in [0.05, 0.1) is 31.1 Å². The fraction of sp³-hybridized carbons (Fsp3) is 0.636. The molecular weight excluding hydrogens is 604 g/mol. The first-order valence-corrected chi connectivity index (χ1v) is 16.6. The Balaban J connectivity index is 1.13. The summed E-state index contributed by atoms with van der Waals surface area (Å²) in [4.78, 5) is -0.936. The van der Waals surface area contributed by atoms with E-state index in [-0.39, 0.29) is 48.1 Å². The van der Waals surface area contributed by atoms with Crippen LogP contribution in [0.5, 0.6) is 5.75 Å². The number of benzene rings is 2. The molecule has 1 unspecified atom stereocenters. The summed E-state index contributed by atoms with van der Waals surface area (Å²) in [6.07, 6.45) is 4.46. The predicted octanol–water partition coefficient (Wildman–Crippen LogP) is 8.17. The molecule has 0 amide bonds. The van der Waals surface area contributed by atoms with E-state index in [2.05, 4.69) is 0 Å². The summed E-state index contributed by atoms with van der Waals surface area (Å²) in [7, 11) is 1.51. The normalized spacial score (nSPS) is 30.9. The molecule has 2 saturated carbocycles. The van der Waals surface area contributed by atoms with Gasteiger partial charge in [0.15, 0.2) is 23.3 Å².